The molecule has 0 fully saturated rings. The van der Waals surface area contributed by atoms with Gasteiger partial charge in [-0.05, 0) is 36.4 Å². The molecular weight excluding hydrogens is 436 g/mol. The highest BCUT2D eigenvalue weighted by atomic mass is 35.5. The third-order valence-corrected chi connectivity index (χ3v) is 6.34. The van der Waals surface area contributed by atoms with E-state index < -0.39 is 10.0 Å². The van der Waals surface area contributed by atoms with E-state index in [1.807, 2.05) is 0 Å². The molecule has 31 heavy (non-hydrogen) atoms. The highest BCUT2D eigenvalue weighted by molar-refractivity contribution is 7.90. The number of rotatable bonds is 4. The van der Waals surface area contributed by atoms with E-state index in [1.165, 1.54) is 31.4 Å². The Morgan fingerprint density at radius 3 is 2.23 bits per heavy atom. The van der Waals surface area contributed by atoms with Gasteiger partial charge in [0.05, 0.1) is 23.4 Å². The molecule has 0 aliphatic heterocycles. The van der Waals surface area contributed by atoms with Gasteiger partial charge in [0.1, 0.15) is 11.4 Å². The van der Waals surface area contributed by atoms with Crippen LogP contribution >= 0.6 is 11.6 Å². The van der Waals surface area contributed by atoms with Gasteiger partial charge in [-0.15, -0.1) is 0 Å². The minimum absolute atomic E-state index is 0.0157. The van der Waals surface area contributed by atoms with Crippen LogP contribution in [0.1, 0.15) is 22.3 Å². The van der Waals surface area contributed by atoms with Crippen LogP contribution in [0.3, 0.4) is 0 Å². The van der Waals surface area contributed by atoms with Crippen LogP contribution in [0.25, 0.3) is 0 Å². The summed E-state index contributed by atoms with van der Waals surface area (Å²) in [5.41, 5.74) is 1.75. The van der Waals surface area contributed by atoms with Gasteiger partial charge in [-0.25, -0.2) is 4.99 Å². The normalized spacial score (nSPS) is 16.4. The molecule has 0 unspecified atom stereocenters. The van der Waals surface area contributed by atoms with Crippen LogP contribution in [-0.2, 0) is 10.0 Å². The molecule has 1 aliphatic carbocycles. The predicted molar refractivity (Wildman–Crippen MR) is 121 cm³/mol. The first-order chi connectivity index (χ1) is 14.9. The molecule has 0 aromatic heterocycles. The molecule has 6 nitrogen and oxygen atoms in total. The number of aliphatic imine (C=N–C) groups is 1. The molecule has 3 aromatic rings. The lowest BCUT2D eigenvalue weighted by Gasteiger charge is -2.19. The van der Waals surface area contributed by atoms with Crippen molar-refractivity contribution in [2.45, 2.75) is 11.3 Å². The van der Waals surface area contributed by atoms with E-state index >= 15 is 0 Å². The van der Waals surface area contributed by atoms with Crippen molar-refractivity contribution >= 4 is 44.5 Å². The Kier molecular flexibility index (Phi) is 5.71. The number of halogens is 1. The van der Waals surface area contributed by atoms with Crippen molar-refractivity contribution in [2.75, 3.05) is 7.11 Å². The number of methoxy groups -OCH3 is 1. The number of ether oxygens (including phenoxy) is 1. The first kappa shape index (κ1) is 21.0. The quantitative estimate of drug-likeness (QED) is 0.564. The molecule has 8 heteroatoms. The Hall–Kier alpha value is -3.29. The summed E-state index contributed by atoms with van der Waals surface area (Å²) in [4.78, 5) is 17.5. The third-order valence-electron chi connectivity index (χ3n) is 4.76. The maximum absolute atomic E-state index is 13.0. The highest BCUT2D eigenvalue weighted by Gasteiger charge is 2.29. The number of fused-ring (bicyclic) bond motifs is 1. The van der Waals surface area contributed by atoms with Crippen LogP contribution in [0.4, 0.5) is 5.69 Å². The van der Waals surface area contributed by atoms with Gasteiger partial charge in [0.25, 0.3) is 10.0 Å². The Morgan fingerprint density at radius 1 is 0.871 bits per heavy atom. The molecule has 1 aliphatic rings. The zero-order valence-corrected chi connectivity index (χ0v) is 18.0. The molecule has 0 amide bonds. The van der Waals surface area contributed by atoms with Gasteiger partial charge in [-0.2, -0.15) is 12.8 Å². The summed E-state index contributed by atoms with van der Waals surface area (Å²) in [5.74, 6) is 0.235. The number of hydrogen-bond donors (Lipinski definition) is 0. The zero-order valence-electron chi connectivity index (χ0n) is 16.4. The first-order valence-corrected chi connectivity index (χ1v) is 11.1. The van der Waals surface area contributed by atoms with E-state index in [9.17, 15) is 13.2 Å². The van der Waals surface area contributed by atoms with Crippen molar-refractivity contribution < 1.29 is 17.9 Å². The summed E-state index contributed by atoms with van der Waals surface area (Å²) >= 11 is 5.86. The number of nitrogens with zero attached hydrogens (tertiary/aromatic N) is 2. The Balaban J connectivity index is 1.84. The van der Waals surface area contributed by atoms with Crippen molar-refractivity contribution in [3.8, 4) is 5.75 Å². The summed E-state index contributed by atoms with van der Waals surface area (Å²) in [7, 11) is -2.49. The maximum atomic E-state index is 13.0. The first-order valence-electron chi connectivity index (χ1n) is 9.33. The van der Waals surface area contributed by atoms with Gasteiger partial charge >= 0.3 is 0 Å². The number of hydrogen-bond acceptors (Lipinski definition) is 5. The van der Waals surface area contributed by atoms with Gasteiger partial charge in [-0.1, -0.05) is 48.0 Å². The van der Waals surface area contributed by atoms with Gasteiger partial charge in [0, 0.05) is 22.6 Å². The molecule has 0 atom stereocenters. The van der Waals surface area contributed by atoms with E-state index in [2.05, 4.69) is 9.39 Å². The fourth-order valence-corrected chi connectivity index (χ4v) is 4.43. The lowest BCUT2D eigenvalue weighted by Crippen LogP contribution is -2.28. The molecular formula is C23H17ClN2O4S. The molecule has 156 valence electrons. The summed E-state index contributed by atoms with van der Waals surface area (Å²) in [5, 5.41) is 0.423. The lowest BCUT2D eigenvalue weighted by atomic mass is 9.87. The van der Waals surface area contributed by atoms with Crippen LogP contribution in [0.2, 0.25) is 5.02 Å². The van der Waals surface area contributed by atoms with Crippen molar-refractivity contribution in [1.82, 2.24) is 0 Å². The number of Topliss-reactive ketones (excluding diaryl/α,β-unsaturated/α-hetero) is 1. The Labute approximate surface area is 184 Å². The highest BCUT2D eigenvalue weighted by Crippen LogP contribution is 2.30. The summed E-state index contributed by atoms with van der Waals surface area (Å²) in [6.45, 7) is 0. The predicted octanol–water partition coefficient (Wildman–Crippen LogP) is 4.89. The van der Waals surface area contributed by atoms with Crippen LogP contribution < -0.4 is 4.74 Å². The number of ketones is 1. The molecule has 3 aromatic carbocycles. The van der Waals surface area contributed by atoms with Crippen LogP contribution in [0.5, 0.6) is 5.75 Å². The SMILES string of the molecule is COc1ccccc1N=C1C/C(=N/S(=O)(=O)c2ccc(Cl)cc2)c2ccccc2C1=O. The average Bonchev–Trinajstić information content (AvgIpc) is 2.77. The molecule has 0 heterocycles. The second kappa shape index (κ2) is 8.45. The van der Waals surface area contributed by atoms with Crippen molar-refractivity contribution in [1.29, 1.82) is 0 Å². The fraction of sp³-hybridized carbons (Fsp3) is 0.0870. The Bertz CT molecular complexity index is 1330. The van der Waals surface area contributed by atoms with E-state index in [1.54, 1.807) is 48.5 Å². The largest absolute Gasteiger partial charge is 0.494 e. The van der Waals surface area contributed by atoms with Gasteiger partial charge in [0.15, 0.2) is 0 Å². The maximum Gasteiger partial charge on any atom is 0.282 e. The second-order valence-corrected chi connectivity index (χ2v) is 8.79. The molecule has 0 spiro atoms. The smallest absolute Gasteiger partial charge is 0.282 e. The van der Waals surface area contributed by atoms with E-state index in [0.717, 1.165) is 0 Å². The minimum atomic E-state index is -4.01. The Morgan fingerprint density at radius 2 is 1.52 bits per heavy atom. The van der Waals surface area contributed by atoms with E-state index in [-0.39, 0.29) is 28.5 Å². The lowest BCUT2D eigenvalue weighted by molar-refractivity contribution is 0.106. The van der Waals surface area contributed by atoms with Crippen molar-refractivity contribution in [3.63, 3.8) is 0 Å². The number of carbonyl (C=O) groups is 1. The van der Waals surface area contributed by atoms with Gasteiger partial charge in [0.2, 0.25) is 5.78 Å². The number of para-hydroxylation sites is 2. The van der Waals surface area contributed by atoms with Gasteiger partial charge in [-0.3, -0.25) is 4.79 Å². The van der Waals surface area contributed by atoms with Crippen LogP contribution in [0.15, 0.2) is 87.1 Å². The standard InChI is InChI=1S/C23H17ClN2O4S/c1-30-22-9-5-4-8-19(22)25-21-14-20(17-6-2-3-7-18(17)23(21)27)26-31(28,29)16-12-10-15(24)11-13-16/h2-13H,14H2,1H3/b25-21?,26-20-. The summed E-state index contributed by atoms with van der Waals surface area (Å²) < 4.78 is 35.2. The zero-order chi connectivity index (χ0) is 22.0. The van der Waals surface area contributed by atoms with Crippen molar-refractivity contribution in [2.24, 2.45) is 9.39 Å². The number of sulfonamides is 1. The average molecular weight is 453 g/mol. The topological polar surface area (TPSA) is 85.2 Å². The van der Waals surface area contributed by atoms with Crippen LogP contribution in [-0.4, -0.2) is 32.7 Å². The summed E-state index contributed by atoms with van der Waals surface area (Å²) in [6.07, 6.45) is -0.0271. The number of carbonyl (C=O) groups excluding carboxylic acids is 1. The molecule has 0 radical (unpaired) electrons. The number of benzene rings is 3. The molecule has 0 bridgehead atoms. The molecule has 0 saturated carbocycles. The van der Waals surface area contributed by atoms with Crippen LogP contribution in [0, 0.1) is 0 Å². The fourth-order valence-electron chi connectivity index (χ4n) is 3.27. The molecule has 0 saturated heterocycles. The monoisotopic (exact) mass is 452 g/mol. The minimum Gasteiger partial charge on any atom is -0.494 e. The van der Waals surface area contributed by atoms with Gasteiger partial charge < -0.3 is 4.74 Å². The van der Waals surface area contributed by atoms with E-state index in [4.69, 9.17) is 16.3 Å². The van der Waals surface area contributed by atoms with Crippen molar-refractivity contribution in [3.05, 3.63) is 88.9 Å². The third kappa shape index (κ3) is 4.28. The molecule has 4 rings (SSSR count). The van der Waals surface area contributed by atoms with E-state index in [0.29, 0.717) is 27.6 Å². The molecule has 0 N–H and O–H groups in total. The second-order valence-electron chi connectivity index (χ2n) is 6.75. The summed E-state index contributed by atoms with van der Waals surface area (Å²) in [6, 6.07) is 19.6.